The number of amides is 2. The molecule has 2 rings (SSSR count). The molecule has 0 aromatic heterocycles. The minimum Gasteiger partial charge on any atom is -0.355 e. The zero-order chi connectivity index (χ0) is 14.5. The van der Waals surface area contributed by atoms with Crippen molar-refractivity contribution in [2.75, 3.05) is 18.4 Å². The average molecular weight is 296 g/mol. The van der Waals surface area contributed by atoms with Crippen molar-refractivity contribution in [2.24, 2.45) is 0 Å². The van der Waals surface area contributed by atoms with Crippen LogP contribution in [-0.2, 0) is 9.59 Å². The second kappa shape index (κ2) is 6.72. The van der Waals surface area contributed by atoms with Crippen molar-refractivity contribution in [1.82, 2.24) is 10.6 Å². The van der Waals surface area contributed by atoms with Gasteiger partial charge in [-0.25, -0.2) is 0 Å². The summed E-state index contributed by atoms with van der Waals surface area (Å²) in [4.78, 5) is 23.4. The number of nitrogens with one attached hydrogen (secondary N) is 3. The van der Waals surface area contributed by atoms with Crippen molar-refractivity contribution in [3.63, 3.8) is 0 Å². The standard InChI is InChI=1S/C14H18ClN3O2/c1-9-4-5-10(15)7-12(9)18-13(19)8-17-11-3-2-6-16-14(11)20/h4-5,7,11,17H,2-3,6,8H2,1H3,(H,16,20)(H,18,19). The van der Waals surface area contributed by atoms with Gasteiger partial charge in [-0.3, -0.25) is 14.9 Å². The lowest BCUT2D eigenvalue weighted by atomic mass is 10.1. The third-order valence-corrected chi connectivity index (χ3v) is 3.50. The van der Waals surface area contributed by atoms with Crippen LogP contribution in [0.15, 0.2) is 18.2 Å². The van der Waals surface area contributed by atoms with Gasteiger partial charge in [-0.2, -0.15) is 0 Å². The predicted octanol–water partition coefficient (Wildman–Crippen LogP) is 1.46. The average Bonchev–Trinajstić information content (AvgIpc) is 2.42. The van der Waals surface area contributed by atoms with Gasteiger partial charge in [0.25, 0.3) is 0 Å². The van der Waals surface area contributed by atoms with Crippen LogP contribution in [0.5, 0.6) is 0 Å². The molecule has 0 saturated carbocycles. The van der Waals surface area contributed by atoms with E-state index in [0.29, 0.717) is 17.3 Å². The molecule has 1 aromatic carbocycles. The zero-order valence-corrected chi connectivity index (χ0v) is 12.1. The summed E-state index contributed by atoms with van der Waals surface area (Å²) in [6.45, 7) is 2.71. The highest BCUT2D eigenvalue weighted by Crippen LogP contribution is 2.19. The van der Waals surface area contributed by atoms with E-state index in [4.69, 9.17) is 11.6 Å². The maximum Gasteiger partial charge on any atom is 0.238 e. The fourth-order valence-corrected chi connectivity index (χ4v) is 2.28. The van der Waals surface area contributed by atoms with E-state index in [1.165, 1.54) is 0 Å². The predicted molar refractivity (Wildman–Crippen MR) is 78.9 cm³/mol. The van der Waals surface area contributed by atoms with E-state index in [1.807, 2.05) is 13.0 Å². The Kier molecular flexibility index (Phi) is 4.98. The molecule has 1 atom stereocenters. The van der Waals surface area contributed by atoms with Gasteiger partial charge >= 0.3 is 0 Å². The minimum absolute atomic E-state index is 0.0389. The molecule has 108 valence electrons. The van der Waals surface area contributed by atoms with Gasteiger partial charge < -0.3 is 10.6 Å². The molecule has 20 heavy (non-hydrogen) atoms. The first-order valence-corrected chi connectivity index (χ1v) is 7.01. The summed E-state index contributed by atoms with van der Waals surface area (Å²) < 4.78 is 0. The summed E-state index contributed by atoms with van der Waals surface area (Å²) in [7, 11) is 0. The Morgan fingerprint density at radius 3 is 3.05 bits per heavy atom. The second-order valence-electron chi connectivity index (χ2n) is 4.87. The van der Waals surface area contributed by atoms with Crippen molar-refractivity contribution in [2.45, 2.75) is 25.8 Å². The van der Waals surface area contributed by atoms with Crippen LogP contribution in [0, 0.1) is 6.92 Å². The number of benzene rings is 1. The molecule has 1 aromatic rings. The number of halogens is 1. The van der Waals surface area contributed by atoms with Gasteiger partial charge in [0.05, 0.1) is 12.6 Å². The number of aryl methyl sites for hydroxylation is 1. The lowest BCUT2D eigenvalue weighted by Gasteiger charge is -2.22. The van der Waals surface area contributed by atoms with Crippen LogP contribution in [0.2, 0.25) is 5.02 Å². The lowest BCUT2D eigenvalue weighted by molar-refractivity contribution is -0.124. The van der Waals surface area contributed by atoms with Gasteiger partial charge in [-0.1, -0.05) is 17.7 Å². The molecular formula is C14H18ClN3O2. The van der Waals surface area contributed by atoms with E-state index < -0.39 is 0 Å². The smallest absolute Gasteiger partial charge is 0.238 e. The van der Waals surface area contributed by atoms with Gasteiger partial charge in [-0.05, 0) is 37.5 Å². The molecule has 1 heterocycles. The SMILES string of the molecule is Cc1ccc(Cl)cc1NC(=O)CNC1CCCNC1=O. The first-order valence-electron chi connectivity index (χ1n) is 6.63. The van der Waals surface area contributed by atoms with Crippen molar-refractivity contribution in [3.8, 4) is 0 Å². The van der Waals surface area contributed by atoms with Crippen molar-refractivity contribution < 1.29 is 9.59 Å². The number of piperidine rings is 1. The van der Waals surface area contributed by atoms with Gasteiger partial charge in [0.2, 0.25) is 11.8 Å². The first-order chi connectivity index (χ1) is 9.56. The molecular weight excluding hydrogens is 278 g/mol. The number of carbonyl (C=O) groups excluding carboxylic acids is 2. The summed E-state index contributed by atoms with van der Waals surface area (Å²) in [5, 5.41) is 9.10. The lowest BCUT2D eigenvalue weighted by Crippen LogP contribution is -2.50. The molecule has 1 saturated heterocycles. The van der Waals surface area contributed by atoms with Gasteiger partial charge in [0.15, 0.2) is 0 Å². The van der Waals surface area contributed by atoms with E-state index >= 15 is 0 Å². The highest BCUT2D eigenvalue weighted by atomic mass is 35.5. The molecule has 1 fully saturated rings. The van der Waals surface area contributed by atoms with Crippen molar-refractivity contribution >= 4 is 29.1 Å². The van der Waals surface area contributed by atoms with Crippen molar-refractivity contribution in [3.05, 3.63) is 28.8 Å². The van der Waals surface area contributed by atoms with E-state index in [1.54, 1.807) is 12.1 Å². The maximum absolute atomic E-state index is 11.9. The summed E-state index contributed by atoms with van der Waals surface area (Å²) >= 11 is 5.90. The van der Waals surface area contributed by atoms with E-state index in [-0.39, 0.29) is 24.4 Å². The molecule has 1 aliphatic rings. The first kappa shape index (κ1) is 14.8. The molecule has 0 aliphatic carbocycles. The van der Waals surface area contributed by atoms with Crippen LogP contribution in [0.1, 0.15) is 18.4 Å². The molecule has 2 amide bonds. The zero-order valence-electron chi connectivity index (χ0n) is 11.3. The molecule has 0 bridgehead atoms. The summed E-state index contributed by atoms with van der Waals surface area (Å²) in [5.74, 6) is -0.225. The van der Waals surface area contributed by atoms with E-state index in [2.05, 4.69) is 16.0 Å². The van der Waals surface area contributed by atoms with E-state index in [0.717, 1.165) is 18.4 Å². The Morgan fingerprint density at radius 1 is 1.50 bits per heavy atom. The third kappa shape index (κ3) is 3.95. The van der Waals surface area contributed by atoms with Crippen LogP contribution in [-0.4, -0.2) is 30.9 Å². The summed E-state index contributed by atoms with van der Waals surface area (Å²) in [6, 6.07) is 5.05. The molecule has 1 aliphatic heterocycles. The van der Waals surface area contributed by atoms with Crippen molar-refractivity contribution in [1.29, 1.82) is 0 Å². The monoisotopic (exact) mass is 295 g/mol. The van der Waals surface area contributed by atoms with Crippen LogP contribution in [0.4, 0.5) is 5.69 Å². The van der Waals surface area contributed by atoms with Crippen LogP contribution in [0.3, 0.4) is 0 Å². The topological polar surface area (TPSA) is 70.2 Å². The maximum atomic E-state index is 11.9. The van der Waals surface area contributed by atoms with E-state index in [9.17, 15) is 9.59 Å². The van der Waals surface area contributed by atoms with Gasteiger partial charge in [-0.15, -0.1) is 0 Å². The number of hydrogen-bond acceptors (Lipinski definition) is 3. The molecule has 0 radical (unpaired) electrons. The molecule has 5 nitrogen and oxygen atoms in total. The van der Waals surface area contributed by atoms with Crippen LogP contribution >= 0.6 is 11.6 Å². The fraction of sp³-hybridized carbons (Fsp3) is 0.429. The molecule has 1 unspecified atom stereocenters. The highest BCUT2D eigenvalue weighted by Gasteiger charge is 2.21. The Bertz CT molecular complexity index is 519. The Labute approximate surface area is 123 Å². The van der Waals surface area contributed by atoms with Gasteiger partial charge in [0.1, 0.15) is 0 Å². The quantitative estimate of drug-likeness (QED) is 0.787. The summed E-state index contributed by atoms with van der Waals surface area (Å²) in [6.07, 6.45) is 1.69. The largest absolute Gasteiger partial charge is 0.355 e. The second-order valence-corrected chi connectivity index (χ2v) is 5.31. The Hall–Kier alpha value is -1.59. The number of anilines is 1. The minimum atomic E-state index is -0.282. The molecule has 0 spiro atoms. The summed E-state index contributed by atoms with van der Waals surface area (Å²) in [5.41, 5.74) is 1.63. The highest BCUT2D eigenvalue weighted by molar-refractivity contribution is 6.31. The number of hydrogen-bond donors (Lipinski definition) is 3. The Balaban J connectivity index is 1.86. The third-order valence-electron chi connectivity index (χ3n) is 3.27. The molecule has 3 N–H and O–H groups in total. The van der Waals surface area contributed by atoms with Gasteiger partial charge in [0, 0.05) is 17.3 Å². The normalized spacial score (nSPS) is 18.5. The number of carbonyl (C=O) groups is 2. The molecule has 6 heteroatoms. The van der Waals surface area contributed by atoms with Crippen LogP contribution in [0.25, 0.3) is 0 Å². The Morgan fingerprint density at radius 2 is 2.30 bits per heavy atom. The van der Waals surface area contributed by atoms with Crippen LogP contribution < -0.4 is 16.0 Å². The fourth-order valence-electron chi connectivity index (χ4n) is 2.11. The number of rotatable bonds is 4.